The molecule has 1 aromatic heterocycles. The number of carbonyl (C=O) groups excluding carboxylic acids is 1. The van der Waals surface area contributed by atoms with Crippen LogP contribution in [0.15, 0.2) is 48.5 Å². The standard InChI is InChI=1S/C29H33F4N3O2/c30-28(31)29(32,33)38-22-17-15-20(16-18-22)26-35-23-13-7-8-14-24(23)36(26)25(19-9-3-1-4-10-19)27(37)34-21-11-5-2-6-12-21/h7-8,13-19,21,25,28H,1-6,9-12H2,(H,34,37). The van der Waals surface area contributed by atoms with Gasteiger partial charge in [0.15, 0.2) is 0 Å². The number of alkyl halides is 4. The van der Waals surface area contributed by atoms with Crippen molar-refractivity contribution in [3.05, 3.63) is 48.5 Å². The number of hydrogen-bond donors (Lipinski definition) is 1. The summed E-state index contributed by atoms with van der Waals surface area (Å²) in [6, 6.07) is 12.8. The molecule has 2 fully saturated rings. The van der Waals surface area contributed by atoms with Crippen LogP contribution in [0.5, 0.6) is 5.75 Å². The molecule has 0 bridgehead atoms. The number of para-hydroxylation sites is 2. The second kappa shape index (κ2) is 11.3. The molecule has 0 radical (unpaired) electrons. The third-order valence-corrected chi connectivity index (χ3v) is 7.81. The van der Waals surface area contributed by atoms with Gasteiger partial charge in [0, 0.05) is 11.6 Å². The number of nitrogens with one attached hydrogen (secondary N) is 1. The minimum Gasteiger partial charge on any atom is -0.428 e. The normalized spacial score (nSPS) is 18.6. The molecular weight excluding hydrogens is 498 g/mol. The van der Waals surface area contributed by atoms with Gasteiger partial charge >= 0.3 is 12.5 Å². The summed E-state index contributed by atoms with van der Waals surface area (Å²) in [6.07, 6.45) is 1.98. The fourth-order valence-corrected chi connectivity index (χ4v) is 5.93. The highest BCUT2D eigenvalue weighted by atomic mass is 19.3. The van der Waals surface area contributed by atoms with Crippen molar-refractivity contribution in [3.8, 4) is 17.1 Å². The lowest BCUT2D eigenvalue weighted by Crippen LogP contribution is -2.43. The van der Waals surface area contributed by atoms with Gasteiger partial charge in [0.25, 0.3) is 0 Å². The summed E-state index contributed by atoms with van der Waals surface area (Å²) in [5.74, 6) is 0.286. The van der Waals surface area contributed by atoms with Crippen molar-refractivity contribution >= 4 is 16.9 Å². The summed E-state index contributed by atoms with van der Waals surface area (Å²) in [7, 11) is 0. The number of imidazole rings is 1. The smallest absolute Gasteiger partial charge is 0.428 e. The van der Waals surface area contributed by atoms with Crippen molar-refractivity contribution in [2.24, 2.45) is 5.92 Å². The summed E-state index contributed by atoms with van der Waals surface area (Å²) in [4.78, 5) is 18.8. The Kier molecular flexibility index (Phi) is 7.91. The van der Waals surface area contributed by atoms with E-state index in [1.165, 1.54) is 30.7 Å². The van der Waals surface area contributed by atoms with Crippen LogP contribution in [0, 0.1) is 5.92 Å². The molecule has 1 atom stereocenters. The van der Waals surface area contributed by atoms with Crippen LogP contribution in [0.1, 0.15) is 70.3 Å². The lowest BCUT2D eigenvalue weighted by Gasteiger charge is -2.33. The SMILES string of the molecule is O=C(NC1CCCCC1)C(C1CCCCC1)n1c(-c2ccc(OC(F)(F)C(F)F)cc2)nc2ccccc21. The Morgan fingerprint density at radius 3 is 2.21 bits per heavy atom. The van der Waals surface area contributed by atoms with E-state index in [4.69, 9.17) is 4.98 Å². The van der Waals surface area contributed by atoms with Crippen LogP contribution in [0.2, 0.25) is 0 Å². The molecule has 204 valence electrons. The summed E-state index contributed by atoms with van der Waals surface area (Å²) in [5, 5.41) is 3.33. The third-order valence-electron chi connectivity index (χ3n) is 7.81. The van der Waals surface area contributed by atoms with Crippen molar-refractivity contribution in [1.29, 1.82) is 0 Å². The van der Waals surface area contributed by atoms with Gasteiger partial charge < -0.3 is 14.6 Å². The average Bonchev–Trinajstić information content (AvgIpc) is 3.29. The van der Waals surface area contributed by atoms with Crippen molar-refractivity contribution in [1.82, 2.24) is 14.9 Å². The van der Waals surface area contributed by atoms with Gasteiger partial charge in [-0.15, -0.1) is 0 Å². The predicted octanol–water partition coefficient (Wildman–Crippen LogP) is 7.51. The molecule has 1 N–H and O–H groups in total. The molecule has 0 spiro atoms. The number of carbonyl (C=O) groups is 1. The van der Waals surface area contributed by atoms with Gasteiger partial charge in [-0.2, -0.15) is 17.6 Å². The van der Waals surface area contributed by atoms with Gasteiger partial charge in [-0.3, -0.25) is 4.79 Å². The van der Waals surface area contributed by atoms with Gasteiger partial charge in [0.1, 0.15) is 17.6 Å². The molecule has 2 aliphatic rings. The Morgan fingerprint density at radius 2 is 1.55 bits per heavy atom. The van der Waals surface area contributed by atoms with Gasteiger partial charge in [-0.25, -0.2) is 4.98 Å². The van der Waals surface area contributed by atoms with Crippen LogP contribution < -0.4 is 10.1 Å². The summed E-state index contributed by atoms with van der Waals surface area (Å²) >= 11 is 0. The fourth-order valence-electron chi connectivity index (χ4n) is 5.93. The Morgan fingerprint density at radius 1 is 0.921 bits per heavy atom. The van der Waals surface area contributed by atoms with Gasteiger partial charge in [-0.05, 0) is 68.0 Å². The predicted molar refractivity (Wildman–Crippen MR) is 137 cm³/mol. The van der Waals surface area contributed by atoms with Gasteiger partial charge in [0.2, 0.25) is 5.91 Å². The monoisotopic (exact) mass is 531 g/mol. The molecule has 2 aromatic carbocycles. The molecule has 9 heteroatoms. The first-order valence-electron chi connectivity index (χ1n) is 13.6. The van der Waals surface area contributed by atoms with Crippen LogP contribution in [-0.4, -0.2) is 34.0 Å². The molecule has 1 amide bonds. The van der Waals surface area contributed by atoms with Gasteiger partial charge in [0.05, 0.1) is 11.0 Å². The summed E-state index contributed by atoms with van der Waals surface area (Å²) < 4.78 is 58.3. The number of halogens is 4. The minimum absolute atomic E-state index is 0.00951. The summed E-state index contributed by atoms with van der Waals surface area (Å²) in [6.45, 7) is 0. The number of nitrogens with zero attached hydrogens (tertiary/aromatic N) is 2. The first-order valence-corrected chi connectivity index (χ1v) is 13.6. The number of benzene rings is 2. The van der Waals surface area contributed by atoms with E-state index in [0.717, 1.165) is 68.8 Å². The molecule has 1 heterocycles. The highest BCUT2D eigenvalue weighted by molar-refractivity contribution is 5.87. The molecule has 3 aromatic rings. The number of rotatable bonds is 8. The van der Waals surface area contributed by atoms with E-state index in [1.54, 1.807) is 0 Å². The zero-order chi connectivity index (χ0) is 26.7. The zero-order valence-electron chi connectivity index (χ0n) is 21.2. The fraction of sp³-hybridized carbons (Fsp3) is 0.517. The van der Waals surface area contributed by atoms with Crippen LogP contribution >= 0.6 is 0 Å². The molecule has 2 saturated carbocycles. The largest absolute Gasteiger partial charge is 0.461 e. The van der Waals surface area contributed by atoms with Crippen LogP contribution in [0.4, 0.5) is 17.6 Å². The Hall–Kier alpha value is -3.10. The van der Waals surface area contributed by atoms with E-state index >= 15 is 0 Å². The molecule has 5 nitrogen and oxygen atoms in total. The first-order chi connectivity index (χ1) is 18.3. The van der Waals surface area contributed by atoms with Gasteiger partial charge in [-0.1, -0.05) is 50.7 Å². The van der Waals surface area contributed by atoms with Crippen molar-refractivity contribution in [2.45, 2.75) is 88.8 Å². The van der Waals surface area contributed by atoms with Crippen molar-refractivity contribution < 1.29 is 27.1 Å². The van der Waals surface area contributed by atoms with Crippen molar-refractivity contribution in [2.75, 3.05) is 0 Å². The van der Waals surface area contributed by atoms with E-state index in [0.29, 0.717) is 11.4 Å². The molecule has 1 unspecified atom stereocenters. The lowest BCUT2D eigenvalue weighted by atomic mass is 9.82. The molecule has 5 rings (SSSR count). The highest BCUT2D eigenvalue weighted by Gasteiger charge is 2.44. The highest BCUT2D eigenvalue weighted by Crippen LogP contribution is 2.39. The van der Waals surface area contributed by atoms with E-state index in [-0.39, 0.29) is 23.6 Å². The maximum atomic E-state index is 14.0. The third kappa shape index (κ3) is 5.66. The molecule has 2 aliphatic carbocycles. The van der Waals surface area contributed by atoms with E-state index in [9.17, 15) is 22.4 Å². The zero-order valence-corrected chi connectivity index (χ0v) is 21.2. The van der Waals surface area contributed by atoms with Crippen LogP contribution in [0.3, 0.4) is 0 Å². The number of fused-ring (bicyclic) bond motifs is 1. The number of ether oxygens (including phenoxy) is 1. The number of aromatic nitrogens is 2. The molecule has 0 saturated heterocycles. The molecule has 38 heavy (non-hydrogen) atoms. The molecular formula is C29H33F4N3O2. The van der Waals surface area contributed by atoms with E-state index < -0.39 is 18.6 Å². The topological polar surface area (TPSA) is 56.2 Å². The molecule has 0 aliphatic heterocycles. The maximum Gasteiger partial charge on any atom is 0.461 e. The second-order valence-corrected chi connectivity index (χ2v) is 10.5. The minimum atomic E-state index is -4.59. The second-order valence-electron chi connectivity index (χ2n) is 10.5. The average molecular weight is 532 g/mol. The Labute approximate surface area is 219 Å². The van der Waals surface area contributed by atoms with Crippen molar-refractivity contribution in [3.63, 3.8) is 0 Å². The lowest BCUT2D eigenvalue weighted by molar-refractivity contribution is -0.253. The van der Waals surface area contributed by atoms with Crippen LogP contribution in [0.25, 0.3) is 22.4 Å². The number of hydrogen-bond acceptors (Lipinski definition) is 3. The van der Waals surface area contributed by atoms with E-state index in [1.807, 2.05) is 28.8 Å². The first kappa shape index (κ1) is 26.5. The Bertz CT molecular complexity index is 1230. The Balaban J connectivity index is 1.54. The number of amides is 1. The quantitative estimate of drug-likeness (QED) is 0.306. The van der Waals surface area contributed by atoms with Crippen LogP contribution in [-0.2, 0) is 4.79 Å². The van der Waals surface area contributed by atoms with E-state index in [2.05, 4.69) is 10.1 Å². The summed E-state index contributed by atoms with van der Waals surface area (Å²) in [5.41, 5.74) is 2.12. The maximum absolute atomic E-state index is 14.0.